The highest BCUT2D eigenvalue weighted by Crippen LogP contribution is 2.22. The van der Waals surface area contributed by atoms with E-state index in [1.54, 1.807) is 18.2 Å². The first-order chi connectivity index (χ1) is 13.0. The molecule has 0 saturated heterocycles. The van der Waals surface area contributed by atoms with Gasteiger partial charge in [-0.05, 0) is 29.7 Å². The van der Waals surface area contributed by atoms with Crippen molar-refractivity contribution in [1.29, 1.82) is 0 Å². The van der Waals surface area contributed by atoms with Gasteiger partial charge in [0.2, 0.25) is 0 Å². The van der Waals surface area contributed by atoms with Gasteiger partial charge in [0.15, 0.2) is 0 Å². The van der Waals surface area contributed by atoms with Crippen LogP contribution >= 0.6 is 11.6 Å². The summed E-state index contributed by atoms with van der Waals surface area (Å²) in [5.74, 6) is -0.750. The summed E-state index contributed by atoms with van der Waals surface area (Å²) >= 11 is 6.03. The number of hydrogen-bond acceptors (Lipinski definition) is 4. The number of nitrogens with one attached hydrogen (secondary N) is 2. The molecule has 6 nitrogen and oxygen atoms in total. The minimum atomic E-state index is -0.833. The molecule has 0 heterocycles. The van der Waals surface area contributed by atoms with Gasteiger partial charge in [-0.2, -0.15) is 5.10 Å². The Bertz CT molecular complexity index is 807. The van der Waals surface area contributed by atoms with E-state index in [-0.39, 0.29) is 5.92 Å². The van der Waals surface area contributed by atoms with Crippen molar-refractivity contribution in [2.24, 2.45) is 11.0 Å². The zero-order chi connectivity index (χ0) is 19.6. The second-order valence-electron chi connectivity index (χ2n) is 6.26. The Morgan fingerprint density at radius 3 is 2.59 bits per heavy atom. The molecule has 2 amide bonds. The summed E-state index contributed by atoms with van der Waals surface area (Å²) in [5, 5.41) is 6.85. The van der Waals surface area contributed by atoms with E-state index in [4.69, 9.17) is 16.3 Å². The van der Waals surface area contributed by atoms with Crippen molar-refractivity contribution in [3.63, 3.8) is 0 Å². The van der Waals surface area contributed by atoms with Gasteiger partial charge in [0, 0.05) is 17.1 Å². The van der Waals surface area contributed by atoms with E-state index in [1.807, 2.05) is 44.2 Å². The van der Waals surface area contributed by atoms with Crippen LogP contribution in [0.2, 0.25) is 5.02 Å². The average molecular weight is 388 g/mol. The third-order valence-electron chi connectivity index (χ3n) is 3.46. The fourth-order valence-corrected chi connectivity index (χ4v) is 2.26. The lowest BCUT2D eigenvalue weighted by atomic mass is 10.2. The number of ether oxygens (including phenoxy) is 1. The van der Waals surface area contributed by atoms with Crippen molar-refractivity contribution in [2.45, 2.75) is 20.5 Å². The molecule has 142 valence electrons. The number of carbonyl (C=O) groups excluding carboxylic acids is 2. The van der Waals surface area contributed by atoms with Gasteiger partial charge in [-0.15, -0.1) is 0 Å². The minimum absolute atomic E-state index is 0.251. The highest BCUT2D eigenvalue weighted by atomic mass is 35.5. The molecule has 27 heavy (non-hydrogen) atoms. The van der Waals surface area contributed by atoms with E-state index in [2.05, 4.69) is 15.8 Å². The molecule has 2 aromatic rings. The topological polar surface area (TPSA) is 79.8 Å². The first kappa shape index (κ1) is 20.5. The number of benzene rings is 2. The molecular weight excluding hydrogens is 366 g/mol. The molecule has 0 aliphatic heterocycles. The Morgan fingerprint density at radius 1 is 1.15 bits per heavy atom. The number of rotatable bonds is 7. The Morgan fingerprint density at radius 2 is 1.89 bits per heavy atom. The molecule has 0 unspecified atom stereocenters. The molecule has 2 rings (SSSR count). The van der Waals surface area contributed by atoms with Crippen LogP contribution in [0.5, 0.6) is 5.75 Å². The van der Waals surface area contributed by atoms with Crippen LogP contribution in [0.4, 0.5) is 0 Å². The first-order valence-electron chi connectivity index (χ1n) is 8.53. The Labute approximate surface area is 163 Å². The zero-order valence-corrected chi connectivity index (χ0v) is 16.0. The van der Waals surface area contributed by atoms with Crippen LogP contribution in [0.15, 0.2) is 53.6 Å². The molecule has 2 N–H and O–H groups in total. The Balaban J connectivity index is 1.98. The minimum Gasteiger partial charge on any atom is -0.488 e. The lowest BCUT2D eigenvalue weighted by Crippen LogP contribution is -2.39. The van der Waals surface area contributed by atoms with Crippen LogP contribution in [0.3, 0.4) is 0 Å². The molecular formula is C20H22ClN3O3. The van der Waals surface area contributed by atoms with Gasteiger partial charge in [0.05, 0.1) is 6.21 Å². The predicted molar refractivity (Wildman–Crippen MR) is 106 cm³/mol. The summed E-state index contributed by atoms with van der Waals surface area (Å²) < 4.78 is 5.81. The number of nitrogens with zero attached hydrogens (tertiary/aromatic N) is 1. The highest BCUT2D eigenvalue weighted by Gasteiger charge is 2.12. The largest absolute Gasteiger partial charge is 0.488 e. The van der Waals surface area contributed by atoms with Gasteiger partial charge < -0.3 is 10.1 Å². The maximum Gasteiger partial charge on any atom is 0.329 e. The Hall–Kier alpha value is -2.86. The molecule has 2 aromatic carbocycles. The zero-order valence-electron chi connectivity index (χ0n) is 15.2. The summed E-state index contributed by atoms with van der Waals surface area (Å²) in [5.41, 5.74) is 3.80. The highest BCUT2D eigenvalue weighted by molar-refractivity contribution is 6.35. The molecule has 0 aliphatic carbocycles. The van der Waals surface area contributed by atoms with E-state index in [9.17, 15) is 9.59 Å². The van der Waals surface area contributed by atoms with Gasteiger partial charge >= 0.3 is 11.8 Å². The van der Waals surface area contributed by atoms with Gasteiger partial charge in [-0.25, -0.2) is 5.43 Å². The third-order valence-corrected chi connectivity index (χ3v) is 3.69. The summed E-state index contributed by atoms with van der Waals surface area (Å²) in [6.07, 6.45) is 1.39. The quantitative estimate of drug-likeness (QED) is 0.435. The number of carbonyl (C=O) groups is 2. The predicted octanol–water partition coefficient (Wildman–Crippen LogP) is 3.14. The third kappa shape index (κ3) is 7.11. The molecule has 0 saturated carbocycles. The van der Waals surface area contributed by atoms with Crippen molar-refractivity contribution in [3.05, 3.63) is 64.7 Å². The second kappa shape index (κ2) is 10.3. The molecule has 0 aliphatic rings. The van der Waals surface area contributed by atoms with Crippen LogP contribution < -0.4 is 15.5 Å². The molecule has 0 radical (unpaired) electrons. The lowest BCUT2D eigenvalue weighted by Gasteiger charge is -2.09. The van der Waals surface area contributed by atoms with E-state index < -0.39 is 11.8 Å². The SMILES string of the molecule is CC(C)CNC(=O)C(=O)N/N=C\c1cc(Cl)ccc1OCc1ccccc1. The van der Waals surface area contributed by atoms with E-state index in [1.165, 1.54) is 6.21 Å². The normalized spacial score (nSPS) is 10.8. The van der Waals surface area contributed by atoms with Crippen molar-refractivity contribution < 1.29 is 14.3 Å². The van der Waals surface area contributed by atoms with Gasteiger partial charge in [-0.3, -0.25) is 9.59 Å². The average Bonchev–Trinajstić information content (AvgIpc) is 2.66. The van der Waals surface area contributed by atoms with E-state index >= 15 is 0 Å². The van der Waals surface area contributed by atoms with Crippen LogP contribution in [-0.2, 0) is 16.2 Å². The molecule has 0 atom stereocenters. The van der Waals surface area contributed by atoms with Gasteiger partial charge in [0.25, 0.3) is 0 Å². The standard InChI is InChI=1S/C20H22ClN3O3/c1-14(2)11-22-19(25)20(26)24-23-12-16-10-17(21)8-9-18(16)27-13-15-6-4-3-5-7-15/h3-10,12,14H,11,13H2,1-2H3,(H,22,25)(H,24,26)/b23-12-. The van der Waals surface area contributed by atoms with Gasteiger partial charge in [0.1, 0.15) is 12.4 Å². The molecule has 0 spiro atoms. The number of hydrogen-bond donors (Lipinski definition) is 2. The van der Waals surface area contributed by atoms with Crippen LogP contribution in [-0.4, -0.2) is 24.6 Å². The van der Waals surface area contributed by atoms with Crippen molar-refractivity contribution in [2.75, 3.05) is 6.54 Å². The molecule has 0 bridgehead atoms. The maximum atomic E-state index is 11.7. The summed E-state index contributed by atoms with van der Waals surface area (Å²) in [4.78, 5) is 23.3. The lowest BCUT2D eigenvalue weighted by molar-refractivity contribution is -0.139. The second-order valence-corrected chi connectivity index (χ2v) is 6.70. The molecule has 0 fully saturated rings. The van der Waals surface area contributed by atoms with Crippen LogP contribution in [0.25, 0.3) is 0 Å². The number of amides is 2. The Kier molecular flexibility index (Phi) is 7.82. The smallest absolute Gasteiger partial charge is 0.329 e. The fraction of sp³-hybridized carbons (Fsp3) is 0.250. The van der Waals surface area contributed by atoms with Crippen LogP contribution in [0.1, 0.15) is 25.0 Å². The van der Waals surface area contributed by atoms with E-state index in [0.29, 0.717) is 29.5 Å². The van der Waals surface area contributed by atoms with Crippen LogP contribution in [0, 0.1) is 5.92 Å². The maximum absolute atomic E-state index is 11.7. The fourth-order valence-electron chi connectivity index (χ4n) is 2.08. The summed E-state index contributed by atoms with van der Waals surface area (Å²) in [7, 11) is 0. The summed E-state index contributed by atoms with van der Waals surface area (Å²) in [6, 6.07) is 14.8. The monoisotopic (exact) mass is 387 g/mol. The number of halogens is 1. The first-order valence-corrected chi connectivity index (χ1v) is 8.91. The molecule has 0 aromatic heterocycles. The van der Waals surface area contributed by atoms with Gasteiger partial charge in [-0.1, -0.05) is 55.8 Å². The van der Waals surface area contributed by atoms with E-state index in [0.717, 1.165) is 5.56 Å². The number of hydrazone groups is 1. The molecule has 7 heteroatoms. The van der Waals surface area contributed by atoms with Crippen molar-refractivity contribution in [3.8, 4) is 5.75 Å². The summed E-state index contributed by atoms with van der Waals surface area (Å²) in [6.45, 7) is 4.67. The van der Waals surface area contributed by atoms with Crippen molar-refractivity contribution >= 4 is 29.6 Å². The van der Waals surface area contributed by atoms with Crippen molar-refractivity contribution in [1.82, 2.24) is 10.7 Å².